The van der Waals surface area contributed by atoms with Gasteiger partial charge in [0.25, 0.3) is 11.4 Å². The summed E-state index contributed by atoms with van der Waals surface area (Å²) in [6.07, 6.45) is 0. The van der Waals surface area contributed by atoms with E-state index in [-0.39, 0.29) is 17.3 Å². The molecule has 6 heteroatoms. The number of hydrogen-bond donors (Lipinski definition) is 0. The number of nitrogens with zero attached hydrogens (tertiary/aromatic N) is 2. The summed E-state index contributed by atoms with van der Waals surface area (Å²) in [6.45, 7) is 1.84. The lowest BCUT2D eigenvalue weighted by atomic mass is 9.92. The molecule has 0 aliphatic rings. The lowest BCUT2D eigenvalue weighted by Crippen LogP contribution is -2.02. The molecule has 2 rings (SSSR count). The maximum absolute atomic E-state index is 11.1. The molecule has 6 nitrogen and oxygen atoms in total. The van der Waals surface area contributed by atoms with Crippen molar-refractivity contribution in [3.05, 3.63) is 79.9 Å². The monoisotopic (exact) mass is 272 g/mol. The van der Waals surface area contributed by atoms with Crippen LogP contribution in [-0.4, -0.2) is 9.85 Å². The molecule has 0 fully saturated rings. The zero-order chi connectivity index (χ0) is 14.7. The number of nitro groups is 2. The predicted molar refractivity (Wildman–Crippen MR) is 73.7 cm³/mol. The molecule has 0 amide bonds. The molecule has 1 atom stereocenters. The van der Waals surface area contributed by atoms with Crippen molar-refractivity contribution in [3.8, 4) is 0 Å². The Morgan fingerprint density at radius 2 is 1.60 bits per heavy atom. The highest BCUT2D eigenvalue weighted by molar-refractivity contribution is 5.52. The van der Waals surface area contributed by atoms with Crippen LogP contribution in [0.4, 0.5) is 11.4 Å². The average molecular weight is 272 g/mol. The topological polar surface area (TPSA) is 86.3 Å². The third kappa shape index (κ3) is 2.64. The zero-order valence-corrected chi connectivity index (χ0v) is 10.7. The van der Waals surface area contributed by atoms with Gasteiger partial charge in [0.05, 0.1) is 15.9 Å². The Balaban J connectivity index is 2.51. The lowest BCUT2D eigenvalue weighted by Gasteiger charge is -2.12. The molecule has 0 spiro atoms. The Hall–Kier alpha value is -2.76. The Labute approximate surface area is 115 Å². The Morgan fingerprint density at radius 3 is 2.15 bits per heavy atom. The summed E-state index contributed by atoms with van der Waals surface area (Å²) in [7, 11) is 0. The van der Waals surface area contributed by atoms with Crippen LogP contribution in [0.5, 0.6) is 0 Å². The number of non-ortho nitro benzene ring substituents is 1. The molecule has 2 aromatic carbocycles. The van der Waals surface area contributed by atoms with Crippen LogP contribution in [0.25, 0.3) is 0 Å². The zero-order valence-electron chi connectivity index (χ0n) is 10.7. The van der Waals surface area contributed by atoms with Crippen LogP contribution in [0.2, 0.25) is 0 Å². The molecule has 0 aliphatic carbocycles. The van der Waals surface area contributed by atoms with Crippen molar-refractivity contribution < 1.29 is 9.85 Å². The second-order valence-electron chi connectivity index (χ2n) is 4.39. The summed E-state index contributed by atoms with van der Waals surface area (Å²) in [4.78, 5) is 20.6. The van der Waals surface area contributed by atoms with Crippen molar-refractivity contribution >= 4 is 11.4 Å². The van der Waals surface area contributed by atoms with E-state index >= 15 is 0 Å². The van der Waals surface area contributed by atoms with E-state index in [1.807, 2.05) is 37.3 Å². The van der Waals surface area contributed by atoms with Crippen LogP contribution < -0.4 is 0 Å². The van der Waals surface area contributed by atoms with Crippen LogP contribution in [0.3, 0.4) is 0 Å². The molecule has 0 aliphatic heterocycles. The SMILES string of the molecule is CC(c1ccccc1)c1ccc([N+](=O)[O-])cc1[N+](=O)[O-]. The van der Waals surface area contributed by atoms with Gasteiger partial charge in [0, 0.05) is 17.5 Å². The molecule has 102 valence electrons. The first-order valence-electron chi connectivity index (χ1n) is 5.98. The van der Waals surface area contributed by atoms with Gasteiger partial charge >= 0.3 is 0 Å². The summed E-state index contributed by atoms with van der Waals surface area (Å²) in [6, 6.07) is 13.1. The second kappa shape index (κ2) is 5.48. The van der Waals surface area contributed by atoms with Gasteiger partial charge < -0.3 is 0 Å². The third-order valence-corrected chi connectivity index (χ3v) is 3.19. The fraction of sp³-hybridized carbons (Fsp3) is 0.143. The number of benzene rings is 2. The van der Waals surface area contributed by atoms with Crippen molar-refractivity contribution in [2.45, 2.75) is 12.8 Å². The van der Waals surface area contributed by atoms with Gasteiger partial charge in [-0.15, -0.1) is 0 Å². The molecule has 20 heavy (non-hydrogen) atoms. The van der Waals surface area contributed by atoms with Gasteiger partial charge in [0.15, 0.2) is 0 Å². The number of hydrogen-bond acceptors (Lipinski definition) is 4. The molecule has 0 aromatic heterocycles. The molecular formula is C14H12N2O4. The molecule has 0 radical (unpaired) electrons. The second-order valence-corrected chi connectivity index (χ2v) is 4.39. The third-order valence-electron chi connectivity index (χ3n) is 3.19. The molecule has 1 unspecified atom stereocenters. The van der Waals surface area contributed by atoms with Crippen molar-refractivity contribution in [3.63, 3.8) is 0 Å². The van der Waals surface area contributed by atoms with Gasteiger partial charge in [-0.05, 0) is 11.6 Å². The average Bonchev–Trinajstić information content (AvgIpc) is 2.46. The first-order chi connectivity index (χ1) is 9.50. The van der Waals surface area contributed by atoms with Gasteiger partial charge in [0.1, 0.15) is 0 Å². The van der Waals surface area contributed by atoms with Crippen molar-refractivity contribution in [1.29, 1.82) is 0 Å². The van der Waals surface area contributed by atoms with E-state index in [4.69, 9.17) is 0 Å². The van der Waals surface area contributed by atoms with E-state index in [2.05, 4.69) is 0 Å². The summed E-state index contributed by atoms with van der Waals surface area (Å²) in [5.41, 5.74) is 0.882. The first-order valence-corrected chi connectivity index (χ1v) is 5.98. The van der Waals surface area contributed by atoms with E-state index in [1.54, 1.807) is 0 Å². The van der Waals surface area contributed by atoms with Gasteiger partial charge in [-0.2, -0.15) is 0 Å². The van der Waals surface area contributed by atoms with Gasteiger partial charge in [-0.3, -0.25) is 20.2 Å². The Morgan fingerprint density at radius 1 is 0.950 bits per heavy atom. The van der Waals surface area contributed by atoms with Crippen LogP contribution in [0.1, 0.15) is 24.0 Å². The quantitative estimate of drug-likeness (QED) is 0.627. The van der Waals surface area contributed by atoms with Crippen molar-refractivity contribution in [2.75, 3.05) is 0 Å². The smallest absolute Gasteiger partial charge is 0.258 e. The standard InChI is InChI=1S/C14H12N2O4/c1-10(11-5-3-2-4-6-11)13-8-7-12(15(17)18)9-14(13)16(19)20/h2-10H,1H3. The van der Waals surface area contributed by atoms with E-state index in [9.17, 15) is 20.2 Å². The predicted octanol–water partition coefficient (Wildman–Crippen LogP) is 3.65. The van der Waals surface area contributed by atoms with E-state index < -0.39 is 9.85 Å². The number of rotatable bonds is 4. The van der Waals surface area contributed by atoms with E-state index in [1.165, 1.54) is 12.1 Å². The number of nitro benzene ring substituents is 2. The highest BCUT2D eigenvalue weighted by atomic mass is 16.6. The molecule has 0 bridgehead atoms. The van der Waals surface area contributed by atoms with Crippen molar-refractivity contribution in [1.82, 2.24) is 0 Å². The van der Waals surface area contributed by atoms with Gasteiger partial charge in [0.2, 0.25) is 0 Å². The summed E-state index contributed by atoms with van der Waals surface area (Å²) < 4.78 is 0. The minimum Gasteiger partial charge on any atom is -0.258 e. The van der Waals surface area contributed by atoms with Gasteiger partial charge in [-0.1, -0.05) is 37.3 Å². The highest BCUT2D eigenvalue weighted by Crippen LogP contribution is 2.33. The molecule has 0 N–H and O–H groups in total. The summed E-state index contributed by atoms with van der Waals surface area (Å²) in [5, 5.41) is 21.8. The normalized spacial score (nSPS) is 11.8. The van der Waals surface area contributed by atoms with Crippen LogP contribution in [0.15, 0.2) is 48.5 Å². The van der Waals surface area contributed by atoms with E-state index in [0.29, 0.717) is 5.56 Å². The van der Waals surface area contributed by atoms with Gasteiger partial charge in [-0.25, -0.2) is 0 Å². The van der Waals surface area contributed by atoms with Crippen LogP contribution in [-0.2, 0) is 0 Å². The lowest BCUT2D eigenvalue weighted by molar-refractivity contribution is -0.394. The van der Waals surface area contributed by atoms with Crippen LogP contribution in [0, 0.1) is 20.2 Å². The fourth-order valence-corrected chi connectivity index (χ4v) is 2.09. The molecule has 2 aromatic rings. The summed E-state index contributed by atoms with van der Waals surface area (Å²) >= 11 is 0. The minimum absolute atomic E-state index is 0.211. The molecule has 0 saturated carbocycles. The summed E-state index contributed by atoms with van der Waals surface area (Å²) in [5.74, 6) is -0.211. The molecule has 0 saturated heterocycles. The highest BCUT2D eigenvalue weighted by Gasteiger charge is 2.23. The van der Waals surface area contributed by atoms with Crippen molar-refractivity contribution in [2.24, 2.45) is 0 Å². The fourth-order valence-electron chi connectivity index (χ4n) is 2.09. The Kier molecular flexibility index (Phi) is 3.74. The first kappa shape index (κ1) is 13.7. The Bertz CT molecular complexity index is 655. The van der Waals surface area contributed by atoms with E-state index in [0.717, 1.165) is 11.6 Å². The van der Waals surface area contributed by atoms with Crippen LogP contribution >= 0.6 is 0 Å². The molecular weight excluding hydrogens is 260 g/mol. The minimum atomic E-state index is -0.635. The maximum atomic E-state index is 11.1. The largest absolute Gasteiger partial charge is 0.280 e. The maximum Gasteiger partial charge on any atom is 0.280 e. The molecule has 0 heterocycles.